The van der Waals surface area contributed by atoms with Crippen LogP contribution in [0.3, 0.4) is 0 Å². The van der Waals surface area contributed by atoms with E-state index in [0.717, 1.165) is 19.3 Å². The van der Waals surface area contributed by atoms with Gasteiger partial charge in [0.15, 0.2) is 0 Å². The van der Waals surface area contributed by atoms with Crippen molar-refractivity contribution < 1.29 is 40.4 Å². The number of nitro groups is 1. The topological polar surface area (TPSA) is 116 Å². The first-order valence-corrected chi connectivity index (χ1v) is 13.2. The molecular formula is C27H25F6N5O4. The third-order valence-electron chi connectivity index (χ3n) is 7.52. The molecule has 9 nitrogen and oxygen atoms in total. The van der Waals surface area contributed by atoms with E-state index in [1.54, 1.807) is 30.3 Å². The lowest BCUT2D eigenvalue weighted by molar-refractivity contribution is -0.384. The third kappa shape index (κ3) is 5.82. The van der Waals surface area contributed by atoms with Crippen molar-refractivity contribution >= 4 is 11.5 Å². The molecule has 2 aliphatic rings. The zero-order chi connectivity index (χ0) is 30.1. The number of pyridine rings is 1. The van der Waals surface area contributed by atoms with Crippen molar-refractivity contribution in [3.8, 4) is 11.6 Å². The number of hydrogen-bond acceptors (Lipinski definition) is 8. The summed E-state index contributed by atoms with van der Waals surface area (Å²) in [6, 6.07) is 7.81. The van der Waals surface area contributed by atoms with E-state index in [0.29, 0.717) is 5.56 Å². The van der Waals surface area contributed by atoms with Gasteiger partial charge >= 0.3 is 18.0 Å². The van der Waals surface area contributed by atoms with Crippen molar-refractivity contribution in [1.82, 2.24) is 15.2 Å². The fourth-order valence-corrected chi connectivity index (χ4v) is 5.00. The van der Waals surface area contributed by atoms with E-state index in [9.17, 15) is 36.5 Å². The van der Waals surface area contributed by atoms with Crippen LogP contribution in [0.4, 0.5) is 37.8 Å². The van der Waals surface area contributed by atoms with Crippen molar-refractivity contribution in [3.63, 3.8) is 0 Å². The van der Waals surface area contributed by atoms with E-state index in [1.807, 2.05) is 0 Å². The van der Waals surface area contributed by atoms with E-state index in [4.69, 9.17) is 9.15 Å². The Labute approximate surface area is 235 Å². The van der Waals surface area contributed by atoms with E-state index in [1.165, 1.54) is 12.2 Å². The van der Waals surface area contributed by atoms with Crippen LogP contribution < -0.4 is 5.32 Å². The van der Waals surface area contributed by atoms with Crippen LogP contribution in [0.1, 0.15) is 55.5 Å². The maximum Gasteiger partial charge on any atom is 0.426 e. The lowest BCUT2D eigenvalue weighted by Crippen LogP contribution is -2.45. The number of anilines is 1. The number of allylic oxidation sites excluding steroid dienone is 1. The smallest absolute Gasteiger partial charge is 0.415 e. The number of nitrogens with zero attached hydrogens (tertiary/aromatic N) is 4. The normalized spacial score (nSPS) is 22.5. The van der Waals surface area contributed by atoms with Crippen molar-refractivity contribution in [2.45, 2.75) is 69.1 Å². The number of benzene rings is 1. The summed E-state index contributed by atoms with van der Waals surface area (Å²) < 4.78 is 97.4. The summed E-state index contributed by atoms with van der Waals surface area (Å²) in [7, 11) is 0. The van der Waals surface area contributed by atoms with Crippen molar-refractivity contribution in [2.24, 2.45) is 5.92 Å². The number of halogens is 6. The van der Waals surface area contributed by atoms with E-state index >= 15 is 0 Å². The number of hydrogen-bond donors (Lipinski definition) is 1. The molecule has 2 atom stereocenters. The molecule has 1 saturated carbocycles. The molecule has 1 aliphatic heterocycles. The molecule has 224 valence electrons. The highest BCUT2D eigenvalue weighted by Gasteiger charge is 2.61. The highest BCUT2D eigenvalue weighted by Crippen LogP contribution is 2.47. The Bertz CT molecular complexity index is 1460. The number of alkyl halides is 6. The van der Waals surface area contributed by atoms with Crippen LogP contribution in [-0.2, 0) is 23.1 Å². The molecule has 1 aromatic carbocycles. The van der Waals surface area contributed by atoms with Gasteiger partial charge in [0, 0.05) is 18.5 Å². The second-order valence-corrected chi connectivity index (χ2v) is 10.2. The maximum absolute atomic E-state index is 14.8. The van der Waals surface area contributed by atoms with Gasteiger partial charge in [0.1, 0.15) is 11.4 Å². The van der Waals surface area contributed by atoms with Crippen molar-refractivity contribution in [3.05, 3.63) is 75.7 Å². The second-order valence-electron chi connectivity index (χ2n) is 10.2. The second kappa shape index (κ2) is 11.3. The van der Waals surface area contributed by atoms with Crippen LogP contribution in [0, 0.1) is 16.0 Å². The molecule has 1 N–H and O–H groups in total. The van der Waals surface area contributed by atoms with Crippen LogP contribution in [0.2, 0.25) is 0 Å². The van der Waals surface area contributed by atoms with Crippen LogP contribution in [0.15, 0.2) is 53.0 Å². The van der Waals surface area contributed by atoms with Gasteiger partial charge in [-0.1, -0.05) is 48.9 Å². The molecule has 3 heterocycles. The van der Waals surface area contributed by atoms with Crippen LogP contribution in [0.25, 0.3) is 11.6 Å². The van der Waals surface area contributed by atoms with Gasteiger partial charge < -0.3 is 14.5 Å². The highest BCUT2D eigenvalue weighted by atomic mass is 19.4. The molecule has 3 aromatic rings. The quantitative estimate of drug-likeness (QED) is 0.140. The van der Waals surface area contributed by atoms with Crippen LogP contribution >= 0.6 is 0 Å². The Morgan fingerprint density at radius 1 is 1.07 bits per heavy atom. The molecule has 0 saturated heterocycles. The minimum Gasteiger partial charge on any atom is -0.415 e. The van der Waals surface area contributed by atoms with Gasteiger partial charge in [-0.2, -0.15) is 26.3 Å². The van der Waals surface area contributed by atoms with Gasteiger partial charge in [0.25, 0.3) is 11.8 Å². The molecule has 1 unspecified atom stereocenters. The SMILES string of the molecule is O=[N+]([O-])c1cc(C(F)(F)F)c2nc1-c1nnc(o1)[C@@](OCc1ccccc1)(C(F)(F)F)C/C=C\CCC(C1CCC1)N2. The van der Waals surface area contributed by atoms with E-state index in [-0.39, 0.29) is 24.8 Å². The predicted octanol–water partition coefficient (Wildman–Crippen LogP) is 7.35. The van der Waals surface area contributed by atoms with Crippen LogP contribution in [-0.4, -0.2) is 32.3 Å². The summed E-state index contributed by atoms with van der Waals surface area (Å²) >= 11 is 0. The molecule has 0 radical (unpaired) electrons. The van der Waals surface area contributed by atoms with Gasteiger partial charge in [-0.05, 0) is 37.2 Å². The molecule has 0 amide bonds. The first-order valence-electron chi connectivity index (χ1n) is 13.2. The standard InChI is InChI=1S/C27H25F6N5O4/c28-26(29,30)18-14-20(38(39)40)21-23-36-37-24(42-23)25(27(31,32)33,41-15-16-8-3-1-4-9-16)13-6-2-5-12-19(17-10-7-11-17)34-22(18)35-21/h1-4,6,8-9,14,17,19H,5,7,10-13,15H2,(H,34,35)/b6-2-/t19?,25-/m1/s1. The zero-order valence-electron chi connectivity index (χ0n) is 21.9. The monoisotopic (exact) mass is 597 g/mol. The predicted molar refractivity (Wildman–Crippen MR) is 136 cm³/mol. The maximum atomic E-state index is 14.8. The fourth-order valence-electron chi connectivity index (χ4n) is 5.00. The molecule has 0 spiro atoms. The van der Waals surface area contributed by atoms with Crippen molar-refractivity contribution in [1.29, 1.82) is 0 Å². The lowest BCUT2D eigenvalue weighted by Gasteiger charge is -2.35. The van der Waals surface area contributed by atoms with Crippen molar-refractivity contribution in [2.75, 3.05) is 5.32 Å². The summed E-state index contributed by atoms with van der Waals surface area (Å²) in [6.07, 6.45) is -5.26. The largest absolute Gasteiger partial charge is 0.426 e. The Hall–Kier alpha value is -4.01. The Morgan fingerprint density at radius 3 is 2.43 bits per heavy atom. The molecule has 1 fully saturated rings. The first-order chi connectivity index (χ1) is 19.9. The molecule has 4 bridgehead atoms. The number of rotatable bonds is 5. The average molecular weight is 598 g/mol. The summed E-state index contributed by atoms with van der Waals surface area (Å²) in [5.74, 6) is -2.64. The summed E-state index contributed by atoms with van der Waals surface area (Å²) in [4.78, 5) is 14.6. The molecule has 2 aromatic heterocycles. The molecular weight excluding hydrogens is 572 g/mol. The minimum atomic E-state index is -5.10. The van der Waals surface area contributed by atoms with Gasteiger partial charge in [-0.25, -0.2) is 4.98 Å². The Balaban J connectivity index is 1.68. The third-order valence-corrected chi connectivity index (χ3v) is 7.52. The van der Waals surface area contributed by atoms with E-state index < -0.39 is 76.5 Å². The Kier molecular flexibility index (Phi) is 7.96. The Morgan fingerprint density at radius 2 is 1.81 bits per heavy atom. The van der Waals surface area contributed by atoms with Gasteiger partial charge in [0.05, 0.1) is 11.5 Å². The zero-order valence-corrected chi connectivity index (χ0v) is 21.9. The highest BCUT2D eigenvalue weighted by molar-refractivity contribution is 5.68. The van der Waals surface area contributed by atoms with Gasteiger partial charge in [0.2, 0.25) is 11.3 Å². The summed E-state index contributed by atoms with van der Waals surface area (Å²) in [6.45, 7) is -0.498. The number of fused-ring (bicyclic) bond motifs is 5. The molecule has 1 aliphatic carbocycles. The molecule has 15 heteroatoms. The first kappa shape index (κ1) is 29.5. The minimum absolute atomic E-state index is 0.00805. The van der Waals surface area contributed by atoms with E-state index in [2.05, 4.69) is 20.5 Å². The number of aromatic nitrogens is 3. The van der Waals surface area contributed by atoms with Gasteiger partial charge in [-0.15, -0.1) is 10.2 Å². The van der Waals surface area contributed by atoms with Gasteiger partial charge in [-0.3, -0.25) is 10.1 Å². The lowest BCUT2D eigenvalue weighted by atomic mass is 9.78. The summed E-state index contributed by atoms with van der Waals surface area (Å²) in [5, 5.41) is 21.7. The molecule has 5 rings (SSSR count). The fraction of sp³-hybridized carbons (Fsp3) is 0.444. The summed E-state index contributed by atoms with van der Waals surface area (Å²) in [5.41, 5.74) is -6.08. The molecule has 42 heavy (non-hydrogen) atoms. The van der Waals surface area contributed by atoms with Crippen LogP contribution in [0.5, 0.6) is 0 Å². The number of ether oxygens (including phenoxy) is 1. The number of nitrogens with one attached hydrogen (secondary N) is 1. The average Bonchev–Trinajstić information content (AvgIpc) is 3.38.